The van der Waals surface area contributed by atoms with Crippen molar-refractivity contribution in [1.82, 2.24) is 15.2 Å². The van der Waals surface area contributed by atoms with Crippen LogP contribution in [0, 0.1) is 0 Å². The van der Waals surface area contributed by atoms with Crippen molar-refractivity contribution in [3.63, 3.8) is 0 Å². The van der Waals surface area contributed by atoms with Gasteiger partial charge in [-0.1, -0.05) is 24.3 Å². The molecular weight excluding hydrogens is 222 g/mol. The van der Waals surface area contributed by atoms with Crippen LogP contribution in [0.2, 0.25) is 0 Å². The van der Waals surface area contributed by atoms with Gasteiger partial charge in [-0.05, 0) is 12.0 Å². The Bertz CT molecular complexity index is 585. The Morgan fingerprint density at radius 2 is 2.12 bits per heavy atom. The molecule has 0 amide bonds. The highest BCUT2D eigenvalue weighted by molar-refractivity contribution is 5.68. The third-order valence-electron chi connectivity index (χ3n) is 2.38. The maximum atomic E-state index is 11.0. The molecule has 0 aliphatic rings. The average Bonchev–Trinajstić information content (AvgIpc) is 2.73. The maximum Gasteiger partial charge on any atom is 0.340 e. The van der Waals surface area contributed by atoms with Crippen LogP contribution in [0.25, 0.3) is 11.4 Å². The van der Waals surface area contributed by atoms with Gasteiger partial charge in [-0.25, -0.2) is 9.89 Å². The summed E-state index contributed by atoms with van der Waals surface area (Å²) in [6.45, 7) is 0. The number of hydrogen-bond donors (Lipinski definition) is 3. The Labute approximate surface area is 96.3 Å². The SMILES string of the molecule is O=C(O)CCc1ccccc1-c1n[nH]c(=O)[nH]1. The number of aliphatic carboxylic acids is 1. The maximum absolute atomic E-state index is 11.0. The van der Waals surface area contributed by atoms with E-state index >= 15 is 0 Å². The summed E-state index contributed by atoms with van der Waals surface area (Å²) in [7, 11) is 0. The minimum absolute atomic E-state index is 0.0473. The number of carbonyl (C=O) groups is 1. The van der Waals surface area contributed by atoms with Gasteiger partial charge < -0.3 is 5.11 Å². The van der Waals surface area contributed by atoms with Crippen molar-refractivity contribution in [3.8, 4) is 11.4 Å². The van der Waals surface area contributed by atoms with Gasteiger partial charge in [0.15, 0.2) is 5.82 Å². The molecule has 0 unspecified atom stereocenters. The number of hydrogen-bond acceptors (Lipinski definition) is 3. The van der Waals surface area contributed by atoms with Crippen LogP contribution < -0.4 is 5.69 Å². The number of benzene rings is 1. The van der Waals surface area contributed by atoms with E-state index < -0.39 is 5.97 Å². The summed E-state index contributed by atoms with van der Waals surface area (Å²) in [5.41, 5.74) is 1.21. The smallest absolute Gasteiger partial charge is 0.340 e. The van der Waals surface area contributed by atoms with E-state index in [1.807, 2.05) is 18.2 Å². The van der Waals surface area contributed by atoms with Crippen molar-refractivity contribution < 1.29 is 9.90 Å². The Kier molecular flexibility index (Phi) is 3.04. The van der Waals surface area contributed by atoms with Gasteiger partial charge in [0.2, 0.25) is 0 Å². The fourth-order valence-electron chi connectivity index (χ4n) is 1.61. The summed E-state index contributed by atoms with van der Waals surface area (Å²) in [6.07, 6.45) is 0.450. The number of carboxylic acid groups (broad SMARTS) is 1. The number of H-pyrrole nitrogens is 2. The third kappa shape index (κ3) is 2.60. The fraction of sp³-hybridized carbons (Fsp3) is 0.182. The van der Waals surface area contributed by atoms with Crippen molar-refractivity contribution in [3.05, 3.63) is 40.3 Å². The van der Waals surface area contributed by atoms with E-state index in [1.165, 1.54) is 0 Å². The van der Waals surface area contributed by atoms with E-state index in [4.69, 9.17) is 5.11 Å². The lowest BCUT2D eigenvalue weighted by Crippen LogP contribution is -2.01. The van der Waals surface area contributed by atoms with Crippen LogP contribution in [0.15, 0.2) is 29.1 Å². The Morgan fingerprint density at radius 1 is 1.35 bits per heavy atom. The van der Waals surface area contributed by atoms with Crippen LogP contribution >= 0.6 is 0 Å². The zero-order valence-corrected chi connectivity index (χ0v) is 8.93. The molecule has 0 aliphatic carbocycles. The first kappa shape index (κ1) is 11.1. The molecule has 2 rings (SSSR count). The van der Waals surface area contributed by atoms with Gasteiger partial charge in [0.05, 0.1) is 0 Å². The largest absolute Gasteiger partial charge is 0.481 e. The highest BCUT2D eigenvalue weighted by Crippen LogP contribution is 2.19. The molecule has 88 valence electrons. The van der Waals surface area contributed by atoms with Crippen LogP contribution in [0.1, 0.15) is 12.0 Å². The predicted molar refractivity (Wildman–Crippen MR) is 60.6 cm³/mol. The minimum atomic E-state index is -0.852. The minimum Gasteiger partial charge on any atom is -0.481 e. The molecule has 1 aromatic heterocycles. The van der Waals surface area contributed by atoms with Gasteiger partial charge in [-0.3, -0.25) is 9.78 Å². The molecule has 17 heavy (non-hydrogen) atoms. The molecule has 6 nitrogen and oxygen atoms in total. The number of rotatable bonds is 4. The van der Waals surface area contributed by atoms with E-state index in [1.54, 1.807) is 6.07 Å². The molecule has 1 aromatic carbocycles. The Hall–Kier alpha value is -2.37. The Balaban J connectivity index is 2.33. The second-order valence-electron chi connectivity index (χ2n) is 3.58. The van der Waals surface area contributed by atoms with Crippen LogP contribution in [0.5, 0.6) is 0 Å². The van der Waals surface area contributed by atoms with E-state index in [9.17, 15) is 9.59 Å². The molecule has 6 heteroatoms. The normalized spacial score (nSPS) is 10.4. The van der Waals surface area contributed by atoms with E-state index in [2.05, 4.69) is 15.2 Å². The van der Waals surface area contributed by atoms with Crippen molar-refractivity contribution in [2.24, 2.45) is 0 Å². The predicted octanol–water partition coefficient (Wildman–Crippen LogP) is 0.782. The average molecular weight is 233 g/mol. The second-order valence-corrected chi connectivity index (χ2v) is 3.58. The van der Waals surface area contributed by atoms with Gasteiger partial charge in [0.25, 0.3) is 0 Å². The van der Waals surface area contributed by atoms with Gasteiger partial charge in [-0.15, -0.1) is 0 Å². The van der Waals surface area contributed by atoms with E-state index in [0.29, 0.717) is 12.2 Å². The quantitative estimate of drug-likeness (QED) is 0.726. The molecule has 0 aliphatic heterocycles. The first-order valence-electron chi connectivity index (χ1n) is 5.11. The van der Waals surface area contributed by atoms with Gasteiger partial charge >= 0.3 is 11.7 Å². The lowest BCUT2D eigenvalue weighted by atomic mass is 10.0. The first-order valence-corrected chi connectivity index (χ1v) is 5.11. The molecule has 2 aromatic rings. The zero-order chi connectivity index (χ0) is 12.3. The van der Waals surface area contributed by atoms with Crippen LogP contribution in [-0.2, 0) is 11.2 Å². The summed E-state index contributed by atoms with van der Waals surface area (Å²) in [4.78, 5) is 24.1. The number of aryl methyl sites for hydroxylation is 1. The van der Waals surface area contributed by atoms with Crippen molar-refractivity contribution >= 4 is 5.97 Å². The first-order chi connectivity index (χ1) is 8.16. The third-order valence-corrected chi connectivity index (χ3v) is 2.38. The van der Waals surface area contributed by atoms with Gasteiger partial charge in [0, 0.05) is 12.0 Å². The molecule has 0 spiro atoms. The van der Waals surface area contributed by atoms with Gasteiger partial charge in [0.1, 0.15) is 0 Å². The number of nitrogens with zero attached hydrogens (tertiary/aromatic N) is 1. The van der Waals surface area contributed by atoms with E-state index in [-0.39, 0.29) is 12.1 Å². The molecule has 0 saturated heterocycles. The number of aromatic amines is 2. The van der Waals surface area contributed by atoms with Crippen molar-refractivity contribution in [2.75, 3.05) is 0 Å². The molecular formula is C11H11N3O3. The lowest BCUT2D eigenvalue weighted by Gasteiger charge is -2.04. The molecule has 0 bridgehead atoms. The molecule has 0 atom stereocenters. The summed E-state index contributed by atoms with van der Waals surface area (Å²) in [5.74, 6) is -0.425. The molecule has 0 fully saturated rings. The van der Waals surface area contributed by atoms with Crippen LogP contribution in [0.4, 0.5) is 0 Å². The van der Waals surface area contributed by atoms with Crippen molar-refractivity contribution in [1.29, 1.82) is 0 Å². The number of aromatic nitrogens is 3. The lowest BCUT2D eigenvalue weighted by molar-refractivity contribution is -0.136. The topological polar surface area (TPSA) is 98.8 Å². The van der Waals surface area contributed by atoms with Crippen LogP contribution in [0.3, 0.4) is 0 Å². The second kappa shape index (κ2) is 4.65. The summed E-state index contributed by atoms with van der Waals surface area (Å²) >= 11 is 0. The summed E-state index contributed by atoms with van der Waals surface area (Å²) < 4.78 is 0. The van der Waals surface area contributed by atoms with Crippen molar-refractivity contribution in [2.45, 2.75) is 12.8 Å². The van der Waals surface area contributed by atoms with Crippen LogP contribution in [-0.4, -0.2) is 26.3 Å². The number of nitrogens with one attached hydrogen (secondary N) is 2. The monoisotopic (exact) mass is 233 g/mol. The summed E-state index contributed by atoms with van der Waals surface area (Å²) in [6, 6.07) is 7.26. The fourth-order valence-corrected chi connectivity index (χ4v) is 1.61. The number of carboxylic acids is 1. The molecule has 0 saturated carbocycles. The van der Waals surface area contributed by atoms with E-state index in [0.717, 1.165) is 11.1 Å². The highest BCUT2D eigenvalue weighted by atomic mass is 16.4. The van der Waals surface area contributed by atoms with Gasteiger partial charge in [-0.2, -0.15) is 5.10 Å². The molecule has 3 N–H and O–H groups in total. The highest BCUT2D eigenvalue weighted by Gasteiger charge is 2.09. The Morgan fingerprint density at radius 3 is 2.76 bits per heavy atom. The molecule has 0 radical (unpaired) electrons. The molecule has 1 heterocycles. The summed E-state index contributed by atoms with van der Waals surface area (Å²) in [5, 5.41) is 14.8. The zero-order valence-electron chi connectivity index (χ0n) is 8.93. The standard InChI is InChI=1S/C11H11N3O3/c15-9(16)6-5-7-3-1-2-4-8(7)10-12-11(17)14-13-10/h1-4H,5-6H2,(H,15,16)(H2,12,13,14,17).